The molecular weight excluding hydrogens is 259 g/mol. The van der Waals surface area contributed by atoms with Gasteiger partial charge >= 0.3 is 5.97 Å². The van der Waals surface area contributed by atoms with E-state index in [1.54, 1.807) is 18.2 Å². The molecule has 0 radical (unpaired) electrons. The second-order valence-corrected chi connectivity index (χ2v) is 4.60. The number of carbonyl (C=O) groups excluding carboxylic acids is 1. The van der Waals surface area contributed by atoms with Crippen molar-refractivity contribution < 1.29 is 18.7 Å². The van der Waals surface area contributed by atoms with Crippen LogP contribution in [0.5, 0.6) is 5.75 Å². The molecule has 0 bridgehead atoms. The van der Waals surface area contributed by atoms with E-state index in [1.807, 2.05) is 6.07 Å². The summed E-state index contributed by atoms with van der Waals surface area (Å²) in [7, 11) is 1.34. The van der Waals surface area contributed by atoms with Crippen LogP contribution in [-0.4, -0.2) is 19.7 Å². The molecule has 1 aliphatic heterocycles. The van der Waals surface area contributed by atoms with E-state index in [2.05, 4.69) is 0 Å². The summed E-state index contributed by atoms with van der Waals surface area (Å²) in [6, 6.07) is 9.87. The lowest BCUT2D eigenvalue weighted by atomic mass is 9.97. The van der Waals surface area contributed by atoms with Gasteiger partial charge in [-0.25, -0.2) is 9.18 Å². The van der Waals surface area contributed by atoms with Gasteiger partial charge in [-0.05, 0) is 41.5 Å². The zero-order chi connectivity index (χ0) is 14.1. The Hall–Kier alpha value is -2.36. The number of fused-ring (bicyclic) bond motifs is 3. The Kier molecular flexibility index (Phi) is 3.14. The van der Waals surface area contributed by atoms with E-state index in [1.165, 1.54) is 19.2 Å². The summed E-state index contributed by atoms with van der Waals surface area (Å²) in [6.07, 6.45) is 0.634. The Labute approximate surface area is 115 Å². The molecule has 0 aromatic heterocycles. The van der Waals surface area contributed by atoms with Crippen LogP contribution in [0.3, 0.4) is 0 Å². The van der Waals surface area contributed by atoms with Gasteiger partial charge in [0, 0.05) is 12.0 Å². The average molecular weight is 272 g/mol. The molecule has 1 heterocycles. The highest BCUT2D eigenvalue weighted by molar-refractivity contribution is 5.91. The van der Waals surface area contributed by atoms with Crippen LogP contribution < -0.4 is 4.74 Å². The number of benzene rings is 2. The molecule has 2 aromatic rings. The van der Waals surface area contributed by atoms with Crippen molar-refractivity contribution in [1.82, 2.24) is 0 Å². The van der Waals surface area contributed by atoms with Gasteiger partial charge < -0.3 is 9.47 Å². The van der Waals surface area contributed by atoms with Gasteiger partial charge in [-0.3, -0.25) is 0 Å². The summed E-state index contributed by atoms with van der Waals surface area (Å²) in [5, 5.41) is 0. The van der Waals surface area contributed by atoms with Crippen molar-refractivity contribution in [3.63, 3.8) is 0 Å². The maximum Gasteiger partial charge on any atom is 0.337 e. The third-order valence-corrected chi connectivity index (χ3v) is 3.39. The standard InChI is InChI=1S/C16H13FO3/c1-19-16(18)11-2-4-14-13-5-3-12(17)8-10(13)6-7-20-15(14)9-11/h2-5,8-9H,6-7H2,1H3. The minimum atomic E-state index is -0.403. The van der Waals surface area contributed by atoms with Crippen molar-refractivity contribution in [1.29, 1.82) is 0 Å². The number of esters is 1. The van der Waals surface area contributed by atoms with Gasteiger partial charge in [0.15, 0.2) is 0 Å². The number of halogens is 1. The molecule has 3 nitrogen and oxygen atoms in total. The molecule has 0 atom stereocenters. The van der Waals surface area contributed by atoms with Crippen molar-refractivity contribution in [3.05, 3.63) is 53.3 Å². The first-order chi connectivity index (χ1) is 9.69. The molecule has 0 fully saturated rings. The maximum atomic E-state index is 13.3. The SMILES string of the molecule is COC(=O)c1ccc2c(c1)OCCc1cc(F)ccc1-2. The molecule has 2 aromatic carbocycles. The molecule has 0 N–H and O–H groups in total. The summed E-state index contributed by atoms with van der Waals surface area (Å²) in [5.41, 5.74) is 3.16. The van der Waals surface area contributed by atoms with Gasteiger partial charge in [-0.15, -0.1) is 0 Å². The van der Waals surface area contributed by atoms with Crippen molar-refractivity contribution in [2.24, 2.45) is 0 Å². The lowest BCUT2D eigenvalue weighted by Crippen LogP contribution is -2.03. The maximum absolute atomic E-state index is 13.3. The summed E-state index contributed by atoms with van der Waals surface area (Å²) in [4.78, 5) is 11.5. The normalized spacial score (nSPS) is 12.7. The molecule has 4 heteroatoms. The van der Waals surface area contributed by atoms with Crippen molar-refractivity contribution >= 4 is 5.97 Å². The molecule has 102 valence electrons. The molecule has 0 saturated heterocycles. The second kappa shape index (κ2) is 4.96. The van der Waals surface area contributed by atoms with Crippen LogP contribution in [0.2, 0.25) is 0 Å². The Morgan fingerprint density at radius 2 is 2.00 bits per heavy atom. The number of rotatable bonds is 1. The van der Waals surface area contributed by atoms with E-state index < -0.39 is 5.97 Å². The molecule has 20 heavy (non-hydrogen) atoms. The first kappa shape index (κ1) is 12.7. The summed E-state index contributed by atoms with van der Waals surface area (Å²) < 4.78 is 23.7. The van der Waals surface area contributed by atoms with Crippen LogP contribution in [-0.2, 0) is 11.2 Å². The quantitative estimate of drug-likeness (QED) is 0.748. The first-order valence-electron chi connectivity index (χ1n) is 6.33. The Balaban J connectivity index is 2.13. The van der Waals surface area contributed by atoms with Crippen LogP contribution in [0.4, 0.5) is 4.39 Å². The van der Waals surface area contributed by atoms with E-state index >= 15 is 0 Å². The lowest BCUT2D eigenvalue weighted by Gasteiger charge is -2.10. The molecule has 0 aliphatic carbocycles. The first-order valence-corrected chi connectivity index (χ1v) is 6.33. The third kappa shape index (κ3) is 2.13. The number of hydrogen-bond donors (Lipinski definition) is 0. The van der Waals surface area contributed by atoms with Gasteiger partial charge in [0.2, 0.25) is 0 Å². The Bertz CT molecular complexity index is 679. The largest absolute Gasteiger partial charge is 0.493 e. The second-order valence-electron chi connectivity index (χ2n) is 4.60. The highest BCUT2D eigenvalue weighted by Gasteiger charge is 2.18. The van der Waals surface area contributed by atoms with Crippen LogP contribution in [0, 0.1) is 5.82 Å². The summed E-state index contributed by atoms with van der Waals surface area (Å²) in [6.45, 7) is 0.452. The molecular formula is C16H13FO3. The minimum absolute atomic E-state index is 0.251. The van der Waals surface area contributed by atoms with E-state index in [9.17, 15) is 9.18 Å². The minimum Gasteiger partial charge on any atom is -0.493 e. The van der Waals surface area contributed by atoms with Gasteiger partial charge in [0.05, 0.1) is 19.3 Å². The third-order valence-electron chi connectivity index (χ3n) is 3.39. The monoisotopic (exact) mass is 272 g/mol. The molecule has 1 aliphatic rings. The van der Waals surface area contributed by atoms with E-state index in [-0.39, 0.29) is 5.82 Å². The van der Waals surface area contributed by atoms with Crippen molar-refractivity contribution in [3.8, 4) is 16.9 Å². The lowest BCUT2D eigenvalue weighted by molar-refractivity contribution is 0.0600. The fourth-order valence-electron chi connectivity index (χ4n) is 2.41. The van der Waals surface area contributed by atoms with E-state index in [0.29, 0.717) is 24.3 Å². The van der Waals surface area contributed by atoms with Crippen LogP contribution in [0.1, 0.15) is 15.9 Å². The highest BCUT2D eigenvalue weighted by Crippen LogP contribution is 2.36. The van der Waals surface area contributed by atoms with E-state index in [0.717, 1.165) is 16.7 Å². The molecule has 0 unspecified atom stereocenters. The Morgan fingerprint density at radius 3 is 2.80 bits per heavy atom. The van der Waals surface area contributed by atoms with Gasteiger partial charge in [-0.2, -0.15) is 0 Å². The average Bonchev–Trinajstić information content (AvgIpc) is 2.64. The number of carbonyl (C=O) groups is 1. The fourth-order valence-corrected chi connectivity index (χ4v) is 2.41. The number of ether oxygens (including phenoxy) is 2. The summed E-state index contributed by atoms with van der Waals surface area (Å²) in [5.74, 6) is -0.0309. The number of methoxy groups -OCH3 is 1. The zero-order valence-corrected chi connectivity index (χ0v) is 11.0. The predicted octanol–water partition coefficient (Wildman–Crippen LogP) is 3.21. The molecule has 0 amide bonds. The number of hydrogen-bond acceptors (Lipinski definition) is 3. The van der Waals surface area contributed by atoms with Crippen molar-refractivity contribution in [2.75, 3.05) is 13.7 Å². The molecule has 0 saturated carbocycles. The zero-order valence-electron chi connectivity index (χ0n) is 11.0. The van der Waals surface area contributed by atoms with Gasteiger partial charge in [0.1, 0.15) is 11.6 Å². The van der Waals surface area contributed by atoms with Crippen LogP contribution >= 0.6 is 0 Å². The molecule has 3 rings (SSSR count). The topological polar surface area (TPSA) is 35.5 Å². The Morgan fingerprint density at radius 1 is 1.20 bits per heavy atom. The van der Waals surface area contributed by atoms with Crippen LogP contribution in [0.25, 0.3) is 11.1 Å². The predicted molar refractivity (Wildman–Crippen MR) is 72.4 cm³/mol. The van der Waals surface area contributed by atoms with Gasteiger partial charge in [0.25, 0.3) is 0 Å². The van der Waals surface area contributed by atoms with Crippen molar-refractivity contribution in [2.45, 2.75) is 6.42 Å². The smallest absolute Gasteiger partial charge is 0.337 e. The molecule has 0 spiro atoms. The van der Waals surface area contributed by atoms with Crippen LogP contribution in [0.15, 0.2) is 36.4 Å². The fraction of sp³-hybridized carbons (Fsp3) is 0.188. The highest BCUT2D eigenvalue weighted by atomic mass is 19.1. The summed E-state index contributed by atoms with van der Waals surface area (Å²) >= 11 is 0. The van der Waals surface area contributed by atoms with E-state index in [4.69, 9.17) is 9.47 Å². The van der Waals surface area contributed by atoms with Gasteiger partial charge in [-0.1, -0.05) is 6.07 Å².